The van der Waals surface area contributed by atoms with E-state index in [-0.39, 0.29) is 23.6 Å². The molecule has 2 heterocycles. The predicted molar refractivity (Wildman–Crippen MR) is 83.9 cm³/mol. The monoisotopic (exact) mass is 294 g/mol. The van der Waals surface area contributed by atoms with Crippen LogP contribution in [0.5, 0.6) is 0 Å². The number of likely N-dealkylation sites (N-methyl/N-ethyl adjacent to an activating group) is 1. The molecule has 1 aliphatic heterocycles. The summed E-state index contributed by atoms with van der Waals surface area (Å²) in [5.41, 5.74) is 3.72. The van der Waals surface area contributed by atoms with E-state index in [1.165, 1.54) is 0 Å². The number of nitriles is 1. The molecule has 2 N–H and O–H groups in total. The van der Waals surface area contributed by atoms with Gasteiger partial charge in [0.15, 0.2) is 0 Å². The molecular formula is C16H14N4O2. The van der Waals surface area contributed by atoms with Gasteiger partial charge in [0.25, 0.3) is 5.56 Å². The summed E-state index contributed by atoms with van der Waals surface area (Å²) in [7, 11) is 1.74. The first-order valence-corrected chi connectivity index (χ1v) is 6.80. The van der Waals surface area contributed by atoms with Gasteiger partial charge in [-0.15, -0.1) is 0 Å². The van der Waals surface area contributed by atoms with Gasteiger partial charge < -0.3 is 15.2 Å². The van der Waals surface area contributed by atoms with Crippen LogP contribution in [0.3, 0.4) is 0 Å². The van der Waals surface area contributed by atoms with Crippen molar-refractivity contribution in [2.24, 2.45) is 0 Å². The molecule has 0 radical (unpaired) electrons. The summed E-state index contributed by atoms with van der Waals surface area (Å²) < 4.78 is 0. The van der Waals surface area contributed by atoms with Gasteiger partial charge in [-0.25, -0.2) is 0 Å². The third kappa shape index (κ3) is 2.13. The molecule has 0 unspecified atom stereocenters. The van der Waals surface area contributed by atoms with Crippen molar-refractivity contribution in [2.75, 3.05) is 23.8 Å². The highest BCUT2D eigenvalue weighted by atomic mass is 16.2. The summed E-state index contributed by atoms with van der Waals surface area (Å²) in [6.07, 6.45) is 0. The number of nitrogens with zero attached hydrogens (tertiary/aromatic N) is 2. The van der Waals surface area contributed by atoms with E-state index in [1.807, 2.05) is 24.3 Å². The smallest absolute Gasteiger partial charge is 0.266 e. The molecule has 1 aromatic carbocycles. The number of H-pyrrole nitrogens is 1. The topological polar surface area (TPSA) is 89.0 Å². The van der Waals surface area contributed by atoms with Crippen LogP contribution in [0, 0.1) is 18.3 Å². The number of amides is 1. The molecule has 1 aliphatic rings. The van der Waals surface area contributed by atoms with E-state index in [1.54, 1.807) is 24.9 Å². The Labute approximate surface area is 127 Å². The van der Waals surface area contributed by atoms with Crippen molar-refractivity contribution in [3.8, 4) is 17.2 Å². The molecule has 0 spiro atoms. The average Bonchev–Trinajstić information content (AvgIpc) is 2.51. The number of aromatic amines is 1. The van der Waals surface area contributed by atoms with Crippen LogP contribution in [0.25, 0.3) is 11.1 Å². The number of aryl methyl sites for hydroxylation is 1. The van der Waals surface area contributed by atoms with Crippen LogP contribution in [0.15, 0.2) is 29.1 Å². The van der Waals surface area contributed by atoms with E-state index < -0.39 is 0 Å². The molecule has 0 saturated carbocycles. The lowest BCUT2D eigenvalue weighted by Crippen LogP contribution is -2.36. The van der Waals surface area contributed by atoms with Gasteiger partial charge in [0.05, 0.1) is 17.9 Å². The van der Waals surface area contributed by atoms with E-state index in [9.17, 15) is 9.59 Å². The minimum atomic E-state index is -0.384. The maximum absolute atomic E-state index is 11.7. The Hall–Kier alpha value is -3.07. The largest absolute Gasteiger partial charge is 0.374 e. The van der Waals surface area contributed by atoms with Crippen molar-refractivity contribution in [1.82, 2.24) is 4.98 Å². The highest BCUT2D eigenvalue weighted by Crippen LogP contribution is 2.33. The van der Waals surface area contributed by atoms with Crippen LogP contribution < -0.4 is 15.8 Å². The summed E-state index contributed by atoms with van der Waals surface area (Å²) in [6, 6.07) is 9.13. The van der Waals surface area contributed by atoms with Crippen LogP contribution in [0.2, 0.25) is 0 Å². The summed E-state index contributed by atoms with van der Waals surface area (Å²) in [5.74, 6) is 0.00670. The fourth-order valence-corrected chi connectivity index (χ4v) is 2.57. The number of rotatable bonds is 1. The van der Waals surface area contributed by atoms with Crippen LogP contribution in [-0.2, 0) is 4.79 Å². The molecule has 0 bridgehead atoms. The van der Waals surface area contributed by atoms with E-state index >= 15 is 0 Å². The van der Waals surface area contributed by atoms with E-state index in [4.69, 9.17) is 5.26 Å². The molecule has 1 amide bonds. The second-order valence-corrected chi connectivity index (χ2v) is 5.20. The van der Waals surface area contributed by atoms with Gasteiger partial charge in [0.1, 0.15) is 11.6 Å². The molecule has 1 aromatic heterocycles. The number of benzene rings is 1. The van der Waals surface area contributed by atoms with Crippen molar-refractivity contribution in [1.29, 1.82) is 5.26 Å². The normalized spacial score (nSPS) is 13.3. The van der Waals surface area contributed by atoms with Crippen molar-refractivity contribution < 1.29 is 4.79 Å². The summed E-state index contributed by atoms with van der Waals surface area (Å²) in [4.78, 5) is 27.6. The van der Waals surface area contributed by atoms with E-state index in [2.05, 4.69) is 10.3 Å². The standard InChI is InChI=1S/C16H14N4O2/c1-9-12(5-11(7-17)16(22)19-9)10-3-4-14-13(6-10)18-8-15(21)20(14)2/h3-6,18H,8H2,1-2H3,(H,19,22). The van der Waals surface area contributed by atoms with Gasteiger partial charge in [-0.05, 0) is 30.7 Å². The Morgan fingerprint density at radius 3 is 2.77 bits per heavy atom. The first kappa shape index (κ1) is 13.9. The second kappa shape index (κ2) is 5.04. The van der Waals surface area contributed by atoms with Crippen molar-refractivity contribution in [3.05, 3.63) is 45.9 Å². The van der Waals surface area contributed by atoms with Crippen LogP contribution in [0.4, 0.5) is 11.4 Å². The molecular weight excluding hydrogens is 280 g/mol. The Morgan fingerprint density at radius 2 is 2.05 bits per heavy atom. The fourth-order valence-electron chi connectivity index (χ4n) is 2.57. The quantitative estimate of drug-likeness (QED) is 0.836. The molecule has 22 heavy (non-hydrogen) atoms. The molecule has 0 aliphatic carbocycles. The lowest BCUT2D eigenvalue weighted by Gasteiger charge is -2.27. The minimum Gasteiger partial charge on any atom is -0.374 e. The predicted octanol–water partition coefficient (Wildman–Crippen LogP) is 1.61. The lowest BCUT2D eigenvalue weighted by molar-refractivity contribution is -0.116. The lowest BCUT2D eigenvalue weighted by atomic mass is 10.0. The molecule has 110 valence electrons. The second-order valence-electron chi connectivity index (χ2n) is 5.20. The average molecular weight is 294 g/mol. The number of pyridine rings is 1. The van der Waals surface area contributed by atoms with Crippen LogP contribution >= 0.6 is 0 Å². The molecule has 3 rings (SSSR count). The van der Waals surface area contributed by atoms with Gasteiger partial charge in [0.2, 0.25) is 5.91 Å². The zero-order valence-electron chi connectivity index (χ0n) is 12.2. The molecule has 6 nitrogen and oxygen atoms in total. The Bertz CT molecular complexity index is 877. The molecule has 0 fully saturated rings. The highest BCUT2D eigenvalue weighted by Gasteiger charge is 2.21. The van der Waals surface area contributed by atoms with Gasteiger partial charge >= 0.3 is 0 Å². The summed E-state index contributed by atoms with van der Waals surface area (Å²) in [6.45, 7) is 2.04. The number of aromatic nitrogens is 1. The Morgan fingerprint density at radius 1 is 1.27 bits per heavy atom. The van der Waals surface area contributed by atoms with Gasteiger partial charge in [0, 0.05) is 18.3 Å². The van der Waals surface area contributed by atoms with E-state index in [0.717, 1.165) is 22.5 Å². The zero-order valence-corrected chi connectivity index (χ0v) is 12.2. The number of fused-ring (bicyclic) bond motifs is 1. The van der Waals surface area contributed by atoms with Crippen molar-refractivity contribution in [2.45, 2.75) is 6.92 Å². The van der Waals surface area contributed by atoms with Crippen molar-refractivity contribution in [3.63, 3.8) is 0 Å². The van der Waals surface area contributed by atoms with Crippen molar-refractivity contribution >= 4 is 17.3 Å². The Balaban J connectivity index is 2.13. The molecule has 0 atom stereocenters. The maximum Gasteiger partial charge on any atom is 0.266 e. The SMILES string of the molecule is Cc1[nH]c(=O)c(C#N)cc1-c1ccc2c(c1)NCC(=O)N2C. The molecule has 0 saturated heterocycles. The van der Waals surface area contributed by atoms with Crippen LogP contribution in [-0.4, -0.2) is 24.5 Å². The third-order valence-electron chi connectivity index (χ3n) is 3.83. The van der Waals surface area contributed by atoms with Gasteiger partial charge in [-0.2, -0.15) is 5.26 Å². The highest BCUT2D eigenvalue weighted by molar-refractivity contribution is 6.02. The number of carbonyl (C=O) groups is 1. The first-order chi connectivity index (χ1) is 10.5. The van der Waals surface area contributed by atoms with Crippen LogP contribution in [0.1, 0.15) is 11.3 Å². The number of hydrogen-bond donors (Lipinski definition) is 2. The number of nitrogens with one attached hydrogen (secondary N) is 2. The Kier molecular flexibility index (Phi) is 3.18. The molecule has 2 aromatic rings. The number of carbonyl (C=O) groups excluding carboxylic acids is 1. The van der Waals surface area contributed by atoms with E-state index in [0.29, 0.717) is 5.69 Å². The maximum atomic E-state index is 11.7. The fraction of sp³-hybridized carbons (Fsp3) is 0.188. The third-order valence-corrected chi connectivity index (χ3v) is 3.83. The number of hydrogen-bond acceptors (Lipinski definition) is 4. The summed E-state index contributed by atoms with van der Waals surface area (Å²) >= 11 is 0. The van der Waals surface area contributed by atoms with Gasteiger partial charge in [-0.1, -0.05) is 6.07 Å². The zero-order chi connectivity index (χ0) is 15.9. The minimum absolute atomic E-state index is 0.00670. The first-order valence-electron chi connectivity index (χ1n) is 6.80. The molecule has 6 heteroatoms. The summed E-state index contributed by atoms with van der Waals surface area (Å²) in [5, 5.41) is 12.1. The van der Waals surface area contributed by atoms with Gasteiger partial charge in [-0.3, -0.25) is 9.59 Å². The number of anilines is 2.